The normalized spacial score (nSPS) is 14.0. The van der Waals surface area contributed by atoms with Crippen molar-refractivity contribution in [3.63, 3.8) is 0 Å². The van der Waals surface area contributed by atoms with Crippen LogP contribution in [-0.4, -0.2) is 34.1 Å². The second-order valence-corrected chi connectivity index (χ2v) is 10.6. The molecule has 0 bridgehead atoms. The number of rotatable bonds is 5. The Labute approximate surface area is 204 Å². The van der Waals surface area contributed by atoms with Gasteiger partial charge < -0.3 is 10.6 Å². The van der Waals surface area contributed by atoms with Gasteiger partial charge in [-0.2, -0.15) is 0 Å². The number of urea groups is 1. The summed E-state index contributed by atoms with van der Waals surface area (Å²) in [7, 11) is 0.0763. The number of carbonyl (C=O) groups is 3. The van der Waals surface area contributed by atoms with E-state index in [1.165, 1.54) is 29.7 Å². The number of aromatic nitrogens is 1. The number of hydrogen-bond acceptors (Lipinski definition) is 7. The predicted octanol–water partition coefficient (Wildman–Crippen LogP) is 3.83. The number of hydrogen-bond donors (Lipinski definition) is 3. The topological polar surface area (TPSA) is 120 Å². The quantitative estimate of drug-likeness (QED) is 0.417. The van der Waals surface area contributed by atoms with Crippen LogP contribution in [0.1, 0.15) is 20.8 Å². The fourth-order valence-electron chi connectivity index (χ4n) is 3.26. The van der Waals surface area contributed by atoms with Crippen molar-refractivity contribution in [1.82, 2.24) is 9.71 Å². The predicted molar refractivity (Wildman–Crippen MR) is 131 cm³/mol. The van der Waals surface area contributed by atoms with Crippen LogP contribution in [-0.2, 0) is 22.2 Å². The Hall–Kier alpha value is -3.09. The minimum atomic E-state index is -1.68. The molecule has 0 aliphatic carbocycles. The molecule has 1 unspecified atom stereocenters. The maximum Gasteiger partial charge on any atom is 0.331 e. The first-order chi connectivity index (χ1) is 15.8. The van der Waals surface area contributed by atoms with Gasteiger partial charge in [0.05, 0.1) is 18.3 Å². The van der Waals surface area contributed by atoms with E-state index in [0.29, 0.717) is 25.5 Å². The van der Waals surface area contributed by atoms with Crippen LogP contribution in [0, 0.1) is 6.92 Å². The Morgan fingerprint density at radius 3 is 2.64 bits per heavy atom. The Morgan fingerprint density at radius 2 is 2.00 bits per heavy atom. The molecule has 0 saturated carbocycles. The van der Waals surface area contributed by atoms with Crippen LogP contribution in [0.3, 0.4) is 0 Å². The first-order valence-electron chi connectivity index (χ1n) is 9.66. The molecule has 1 aliphatic rings. The van der Waals surface area contributed by atoms with E-state index in [0.717, 1.165) is 15.5 Å². The second-order valence-electron chi connectivity index (χ2n) is 7.05. The zero-order chi connectivity index (χ0) is 23.7. The number of benzene rings is 1. The number of halogens is 1. The van der Waals surface area contributed by atoms with Crippen molar-refractivity contribution < 1.29 is 18.6 Å². The lowest BCUT2D eigenvalue weighted by Gasteiger charge is -2.26. The molecule has 4 rings (SSSR count). The van der Waals surface area contributed by atoms with Crippen molar-refractivity contribution in [2.45, 2.75) is 17.6 Å². The summed E-state index contributed by atoms with van der Waals surface area (Å²) >= 11 is 4.75. The molecular formula is C21H18BrN5O4S2. The van der Waals surface area contributed by atoms with E-state index in [4.69, 9.17) is 0 Å². The van der Waals surface area contributed by atoms with Gasteiger partial charge in [-0.15, -0.1) is 11.3 Å². The summed E-state index contributed by atoms with van der Waals surface area (Å²) in [5.74, 6) is -0.727. The summed E-state index contributed by atoms with van der Waals surface area (Å²) in [5.41, 5.74) is 2.15. The maximum absolute atomic E-state index is 13.0. The van der Waals surface area contributed by atoms with E-state index in [-0.39, 0.29) is 12.2 Å². The number of amides is 4. The summed E-state index contributed by atoms with van der Waals surface area (Å²) in [6.45, 7) is 1.88. The number of nitrogens with zero attached hydrogens (tertiary/aromatic N) is 2. The van der Waals surface area contributed by atoms with E-state index in [1.807, 2.05) is 13.0 Å². The summed E-state index contributed by atoms with van der Waals surface area (Å²) in [4.78, 5) is 44.0. The van der Waals surface area contributed by atoms with Crippen molar-refractivity contribution in [2.75, 3.05) is 22.6 Å². The Morgan fingerprint density at radius 1 is 1.21 bits per heavy atom. The fraction of sp³-hybridized carbons (Fsp3) is 0.143. The van der Waals surface area contributed by atoms with Crippen LogP contribution < -0.4 is 20.3 Å². The molecule has 0 spiro atoms. The highest BCUT2D eigenvalue weighted by Crippen LogP contribution is 2.31. The lowest BCUT2D eigenvalue weighted by atomic mass is 9.97. The van der Waals surface area contributed by atoms with Gasteiger partial charge in [0.25, 0.3) is 5.91 Å². The fourth-order valence-corrected chi connectivity index (χ4v) is 5.72. The molecule has 1 atom stereocenters. The molecular weight excluding hydrogens is 530 g/mol. The Balaban J connectivity index is 1.47. The summed E-state index contributed by atoms with van der Waals surface area (Å²) in [5, 5.41) is 5.54. The number of carbonyl (C=O) groups excluding carboxylic acids is 3. The molecule has 1 aromatic carbocycles. The Kier molecular flexibility index (Phi) is 6.58. The number of thiophene rings is 1. The van der Waals surface area contributed by atoms with Crippen LogP contribution in [0.5, 0.6) is 0 Å². The highest BCUT2D eigenvalue weighted by Gasteiger charge is 2.33. The van der Waals surface area contributed by atoms with E-state index in [9.17, 15) is 18.6 Å². The van der Waals surface area contributed by atoms with Crippen molar-refractivity contribution >= 4 is 73.3 Å². The van der Waals surface area contributed by atoms with Gasteiger partial charge in [-0.25, -0.2) is 18.9 Å². The third kappa shape index (κ3) is 4.82. The number of fused-ring (bicyclic) bond motifs is 1. The average molecular weight is 548 g/mol. The molecule has 0 fully saturated rings. The van der Waals surface area contributed by atoms with Gasteiger partial charge in [0.15, 0.2) is 11.0 Å². The average Bonchev–Trinajstić information content (AvgIpc) is 3.21. The van der Waals surface area contributed by atoms with Crippen LogP contribution in [0.4, 0.5) is 22.0 Å². The minimum absolute atomic E-state index is 0.0567. The van der Waals surface area contributed by atoms with E-state index in [2.05, 4.69) is 36.3 Å². The highest BCUT2D eigenvalue weighted by atomic mass is 79.9. The standard InChI is InChI=1S/C21H18BrN5O4S2/c1-11-3-6-19(32-11)33(31)26-21(30)25-13-4-5-17(24-10-13)27-18(28)8-12-7-16(23-2)15(22)9-14(12)20(27)29/h3-7,9-10,23H,8H2,1-2H3,(H2,25,26,30). The van der Waals surface area contributed by atoms with Crippen molar-refractivity contribution in [1.29, 1.82) is 0 Å². The molecule has 1 aliphatic heterocycles. The molecule has 12 heteroatoms. The van der Waals surface area contributed by atoms with Crippen molar-refractivity contribution in [3.8, 4) is 0 Å². The third-order valence-corrected chi connectivity index (χ3v) is 7.83. The minimum Gasteiger partial charge on any atom is -0.387 e. The molecule has 3 aromatic rings. The van der Waals surface area contributed by atoms with E-state index >= 15 is 0 Å². The number of nitrogens with one attached hydrogen (secondary N) is 3. The molecule has 9 nitrogen and oxygen atoms in total. The van der Waals surface area contributed by atoms with Gasteiger partial charge in [0.2, 0.25) is 5.91 Å². The monoisotopic (exact) mass is 547 g/mol. The molecule has 3 heterocycles. The summed E-state index contributed by atoms with van der Waals surface area (Å²) in [6, 6.07) is 9.27. The van der Waals surface area contributed by atoms with E-state index in [1.54, 1.807) is 25.2 Å². The van der Waals surface area contributed by atoms with Crippen LogP contribution in [0.15, 0.2) is 51.3 Å². The van der Waals surface area contributed by atoms with Crippen LogP contribution in [0.2, 0.25) is 0 Å². The number of imide groups is 1. The van der Waals surface area contributed by atoms with Crippen LogP contribution in [0.25, 0.3) is 0 Å². The van der Waals surface area contributed by atoms with Gasteiger partial charge in [-0.1, -0.05) is 0 Å². The number of pyridine rings is 1. The third-order valence-electron chi connectivity index (χ3n) is 4.81. The molecule has 3 N–H and O–H groups in total. The highest BCUT2D eigenvalue weighted by molar-refractivity contribution is 9.10. The maximum atomic E-state index is 13.0. The zero-order valence-electron chi connectivity index (χ0n) is 17.5. The molecule has 4 amide bonds. The second kappa shape index (κ2) is 9.41. The van der Waals surface area contributed by atoms with Gasteiger partial charge in [0, 0.05) is 27.6 Å². The van der Waals surface area contributed by atoms with Gasteiger partial charge in [-0.3, -0.25) is 14.3 Å². The van der Waals surface area contributed by atoms with Crippen molar-refractivity contribution in [3.05, 3.63) is 63.1 Å². The SMILES string of the molecule is CNc1cc2c(cc1Br)C(=O)N(c1ccc(NC(=O)NS(=O)c3ccc(C)s3)cn1)C(=O)C2. The number of anilines is 3. The van der Waals surface area contributed by atoms with Gasteiger partial charge >= 0.3 is 6.03 Å². The largest absolute Gasteiger partial charge is 0.387 e. The first kappa shape index (κ1) is 23.1. The molecule has 170 valence electrons. The molecule has 33 heavy (non-hydrogen) atoms. The molecule has 2 aromatic heterocycles. The first-order valence-corrected chi connectivity index (χ1v) is 12.4. The van der Waals surface area contributed by atoms with Crippen molar-refractivity contribution in [2.24, 2.45) is 0 Å². The lowest BCUT2D eigenvalue weighted by Crippen LogP contribution is -2.43. The lowest BCUT2D eigenvalue weighted by molar-refractivity contribution is -0.117. The van der Waals surface area contributed by atoms with Gasteiger partial charge in [0.1, 0.15) is 10.0 Å². The smallest absolute Gasteiger partial charge is 0.331 e. The van der Waals surface area contributed by atoms with Gasteiger partial charge in [-0.05, 0) is 64.8 Å². The Bertz CT molecular complexity index is 1290. The zero-order valence-corrected chi connectivity index (χ0v) is 20.7. The molecule has 0 radical (unpaired) electrons. The summed E-state index contributed by atoms with van der Waals surface area (Å²) < 4.78 is 15.8. The molecule has 0 saturated heterocycles. The summed E-state index contributed by atoms with van der Waals surface area (Å²) in [6.07, 6.45) is 1.38. The van der Waals surface area contributed by atoms with Crippen LogP contribution >= 0.6 is 27.3 Å². The number of aryl methyl sites for hydroxylation is 1. The van der Waals surface area contributed by atoms with E-state index < -0.39 is 28.8 Å².